The highest BCUT2D eigenvalue weighted by Gasteiger charge is 1.96. The van der Waals surface area contributed by atoms with Crippen molar-refractivity contribution in [2.24, 2.45) is 0 Å². The average Bonchev–Trinajstić information content (AvgIpc) is 2.17. The van der Waals surface area contributed by atoms with Gasteiger partial charge in [0.25, 0.3) is 0 Å². The topological polar surface area (TPSA) is 50.7 Å². The van der Waals surface area contributed by atoms with E-state index < -0.39 is 0 Å². The van der Waals surface area contributed by atoms with Crippen molar-refractivity contribution in [3.63, 3.8) is 0 Å². The van der Waals surface area contributed by atoms with E-state index in [1.807, 2.05) is 19.2 Å². The molecule has 2 aromatic rings. The molecule has 0 fully saturated rings. The van der Waals surface area contributed by atoms with Gasteiger partial charge in [0.2, 0.25) is 0 Å². The third kappa shape index (κ3) is 1.07. The van der Waals surface area contributed by atoms with Crippen LogP contribution in [0.25, 0.3) is 11.2 Å². The van der Waals surface area contributed by atoms with Crippen molar-refractivity contribution in [2.75, 3.05) is 12.4 Å². The average molecular weight is 160 g/mol. The van der Waals surface area contributed by atoms with Crippen molar-refractivity contribution in [3.05, 3.63) is 24.5 Å². The first-order valence-electron chi connectivity index (χ1n) is 3.65. The molecule has 0 bridgehead atoms. The van der Waals surface area contributed by atoms with E-state index in [0.29, 0.717) is 5.65 Å². The van der Waals surface area contributed by atoms with Crippen LogP contribution in [0, 0.1) is 0 Å². The molecule has 0 radical (unpaired) electrons. The third-order valence-corrected chi connectivity index (χ3v) is 1.59. The van der Waals surface area contributed by atoms with Crippen LogP contribution in [-0.4, -0.2) is 22.0 Å². The molecule has 0 spiro atoms. The number of anilines is 1. The zero-order valence-corrected chi connectivity index (χ0v) is 6.65. The van der Waals surface area contributed by atoms with Crippen LogP contribution in [0.2, 0.25) is 0 Å². The van der Waals surface area contributed by atoms with Gasteiger partial charge in [-0.25, -0.2) is 9.97 Å². The summed E-state index contributed by atoms with van der Waals surface area (Å²) in [5, 5.41) is 2.94. The summed E-state index contributed by atoms with van der Waals surface area (Å²) in [5.74, 6) is 0.808. The van der Waals surface area contributed by atoms with Gasteiger partial charge in [0.15, 0.2) is 5.65 Å². The van der Waals surface area contributed by atoms with Gasteiger partial charge in [0, 0.05) is 19.4 Å². The maximum atomic E-state index is 4.21. The number of aromatic nitrogens is 3. The lowest BCUT2D eigenvalue weighted by atomic mass is 10.4. The SMILES string of the molecule is CNc1ccc2nccnc2n1. The fourth-order valence-corrected chi connectivity index (χ4v) is 0.994. The Labute approximate surface area is 69.7 Å². The lowest BCUT2D eigenvalue weighted by Gasteiger charge is -1.98. The molecule has 0 aliphatic rings. The second kappa shape index (κ2) is 2.73. The largest absolute Gasteiger partial charge is 0.373 e. The Kier molecular flexibility index (Phi) is 1.59. The summed E-state index contributed by atoms with van der Waals surface area (Å²) in [6.07, 6.45) is 3.29. The van der Waals surface area contributed by atoms with Crippen LogP contribution >= 0.6 is 0 Å². The molecule has 0 aliphatic heterocycles. The second-order valence-corrected chi connectivity index (χ2v) is 2.35. The maximum Gasteiger partial charge on any atom is 0.180 e. The first kappa shape index (κ1) is 6.97. The molecule has 0 saturated carbocycles. The van der Waals surface area contributed by atoms with Crippen molar-refractivity contribution in [3.8, 4) is 0 Å². The Bertz CT molecular complexity index is 399. The molecule has 2 heterocycles. The predicted molar refractivity (Wildman–Crippen MR) is 46.9 cm³/mol. The first-order chi connectivity index (χ1) is 5.90. The molecule has 0 unspecified atom stereocenters. The Morgan fingerprint density at radius 2 is 2.00 bits per heavy atom. The van der Waals surface area contributed by atoms with Crippen LogP contribution in [0.4, 0.5) is 5.82 Å². The summed E-state index contributed by atoms with van der Waals surface area (Å²) in [4.78, 5) is 12.4. The quantitative estimate of drug-likeness (QED) is 0.677. The monoisotopic (exact) mass is 160 g/mol. The molecule has 0 saturated heterocycles. The van der Waals surface area contributed by atoms with Crippen molar-refractivity contribution in [1.82, 2.24) is 15.0 Å². The number of nitrogens with one attached hydrogen (secondary N) is 1. The molecule has 0 aliphatic carbocycles. The number of nitrogens with zero attached hydrogens (tertiary/aromatic N) is 3. The van der Waals surface area contributed by atoms with E-state index in [1.165, 1.54) is 0 Å². The van der Waals surface area contributed by atoms with Crippen LogP contribution in [-0.2, 0) is 0 Å². The molecule has 4 heteroatoms. The Morgan fingerprint density at radius 3 is 2.83 bits per heavy atom. The van der Waals surface area contributed by atoms with Gasteiger partial charge in [-0.05, 0) is 12.1 Å². The summed E-state index contributed by atoms with van der Waals surface area (Å²) in [7, 11) is 1.82. The van der Waals surface area contributed by atoms with E-state index in [4.69, 9.17) is 0 Å². The van der Waals surface area contributed by atoms with Crippen LogP contribution < -0.4 is 5.32 Å². The molecular weight excluding hydrogens is 152 g/mol. The maximum absolute atomic E-state index is 4.21. The predicted octanol–water partition coefficient (Wildman–Crippen LogP) is 1.07. The molecule has 4 nitrogen and oxygen atoms in total. The number of hydrogen-bond acceptors (Lipinski definition) is 4. The minimum atomic E-state index is 0.671. The summed E-state index contributed by atoms with van der Waals surface area (Å²) in [6.45, 7) is 0. The van der Waals surface area contributed by atoms with Gasteiger partial charge in [0.1, 0.15) is 11.3 Å². The van der Waals surface area contributed by atoms with Gasteiger partial charge < -0.3 is 5.32 Å². The van der Waals surface area contributed by atoms with Crippen molar-refractivity contribution in [2.45, 2.75) is 0 Å². The molecule has 0 aromatic carbocycles. The van der Waals surface area contributed by atoms with Crippen molar-refractivity contribution in [1.29, 1.82) is 0 Å². The van der Waals surface area contributed by atoms with Crippen LogP contribution in [0.1, 0.15) is 0 Å². The molecular formula is C8H8N4. The lowest BCUT2D eigenvalue weighted by Crippen LogP contribution is -1.93. The molecule has 60 valence electrons. The second-order valence-electron chi connectivity index (χ2n) is 2.35. The fraction of sp³-hybridized carbons (Fsp3) is 0.125. The smallest absolute Gasteiger partial charge is 0.180 e. The molecule has 2 aromatic heterocycles. The van der Waals surface area contributed by atoms with Crippen molar-refractivity contribution >= 4 is 17.0 Å². The van der Waals surface area contributed by atoms with Crippen LogP contribution in [0.5, 0.6) is 0 Å². The Hall–Kier alpha value is -1.71. The van der Waals surface area contributed by atoms with Crippen molar-refractivity contribution < 1.29 is 0 Å². The Morgan fingerprint density at radius 1 is 1.17 bits per heavy atom. The van der Waals surface area contributed by atoms with Gasteiger partial charge >= 0.3 is 0 Å². The van der Waals surface area contributed by atoms with Crippen LogP contribution in [0.15, 0.2) is 24.5 Å². The normalized spacial score (nSPS) is 10.1. The molecule has 2 rings (SSSR count). The minimum Gasteiger partial charge on any atom is -0.373 e. The summed E-state index contributed by atoms with van der Waals surface area (Å²) < 4.78 is 0. The standard InChI is InChI=1S/C8H8N4/c1-9-7-3-2-6-8(12-7)11-5-4-10-6/h2-5H,1H3,(H,9,11,12). The number of rotatable bonds is 1. The van der Waals surface area contributed by atoms with Gasteiger partial charge in [-0.15, -0.1) is 0 Å². The van der Waals surface area contributed by atoms with Gasteiger partial charge in [-0.2, -0.15) is 0 Å². The summed E-state index contributed by atoms with van der Waals surface area (Å²) in [6, 6.07) is 3.76. The summed E-state index contributed by atoms with van der Waals surface area (Å²) >= 11 is 0. The minimum absolute atomic E-state index is 0.671. The number of fused-ring (bicyclic) bond motifs is 1. The van der Waals surface area contributed by atoms with Gasteiger partial charge in [-0.3, -0.25) is 4.98 Å². The highest BCUT2D eigenvalue weighted by atomic mass is 15.0. The zero-order valence-electron chi connectivity index (χ0n) is 6.65. The van der Waals surface area contributed by atoms with E-state index in [0.717, 1.165) is 11.3 Å². The highest BCUT2D eigenvalue weighted by molar-refractivity contribution is 5.71. The first-order valence-corrected chi connectivity index (χ1v) is 3.65. The van der Waals surface area contributed by atoms with E-state index in [2.05, 4.69) is 20.3 Å². The zero-order chi connectivity index (χ0) is 8.39. The molecule has 12 heavy (non-hydrogen) atoms. The highest BCUT2D eigenvalue weighted by Crippen LogP contribution is 2.08. The van der Waals surface area contributed by atoms with E-state index in [-0.39, 0.29) is 0 Å². The summed E-state index contributed by atoms with van der Waals surface area (Å²) in [5.41, 5.74) is 1.49. The van der Waals surface area contributed by atoms with E-state index in [9.17, 15) is 0 Å². The molecule has 1 N–H and O–H groups in total. The number of pyridine rings is 1. The van der Waals surface area contributed by atoms with Gasteiger partial charge in [-0.1, -0.05) is 0 Å². The van der Waals surface area contributed by atoms with Gasteiger partial charge in [0.05, 0.1) is 0 Å². The van der Waals surface area contributed by atoms with Crippen LogP contribution in [0.3, 0.4) is 0 Å². The molecule has 0 amide bonds. The number of hydrogen-bond donors (Lipinski definition) is 1. The Balaban J connectivity index is 2.67. The fourth-order valence-electron chi connectivity index (χ4n) is 0.994. The lowest BCUT2D eigenvalue weighted by molar-refractivity contribution is 1.21. The van der Waals surface area contributed by atoms with E-state index >= 15 is 0 Å². The third-order valence-electron chi connectivity index (χ3n) is 1.59. The van der Waals surface area contributed by atoms with E-state index in [1.54, 1.807) is 12.4 Å². The molecule has 0 atom stereocenters.